The fraction of sp³-hybridized carbons (Fsp3) is 0. The summed E-state index contributed by atoms with van der Waals surface area (Å²) in [7, 11) is 0. The summed E-state index contributed by atoms with van der Waals surface area (Å²) in [6.45, 7) is 0. The molecule has 17 heavy (non-hydrogen) atoms. The van der Waals surface area contributed by atoms with Crippen molar-refractivity contribution in [1.29, 1.82) is 0 Å². The molecule has 1 amide bonds. The molecule has 2 nitrogen and oxygen atoms in total. The molecule has 0 unspecified atom stereocenters. The van der Waals surface area contributed by atoms with Crippen molar-refractivity contribution in [2.24, 2.45) is 0 Å². The van der Waals surface area contributed by atoms with E-state index in [1.54, 1.807) is 24.3 Å². The lowest BCUT2D eigenvalue weighted by Crippen LogP contribution is -2.11. The standard InChI is InChI=1S/C11H6BrClFNOS/c12-6-2-1-3-7(14)10(6)15-11(16)8-4-5-9(13)17-8/h1-5H,(H,15,16). The van der Waals surface area contributed by atoms with Gasteiger partial charge in [0.15, 0.2) is 0 Å². The lowest BCUT2D eigenvalue weighted by atomic mass is 10.3. The molecule has 2 rings (SSSR count). The molecule has 88 valence electrons. The Morgan fingerprint density at radius 3 is 2.71 bits per heavy atom. The number of amides is 1. The van der Waals surface area contributed by atoms with Crippen molar-refractivity contribution in [3.8, 4) is 0 Å². The van der Waals surface area contributed by atoms with Crippen LogP contribution in [0, 0.1) is 5.82 Å². The lowest BCUT2D eigenvalue weighted by molar-refractivity contribution is 0.103. The molecule has 0 aliphatic carbocycles. The van der Waals surface area contributed by atoms with E-state index in [9.17, 15) is 9.18 Å². The molecule has 1 aromatic heterocycles. The average molecular weight is 335 g/mol. The van der Waals surface area contributed by atoms with E-state index in [4.69, 9.17) is 11.6 Å². The first-order valence-electron chi connectivity index (χ1n) is 4.58. The van der Waals surface area contributed by atoms with Crippen LogP contribution in [-0.2, 0) is 0 Å². The van der Waals surface area contributed by atoms with Crippen LogP contribution in [0.5, 0.6) is 0 Å². The molecule has 0 bridgehead atoms. The predicted octanol–water partition coefficient (Wildman–Crippen LogP) is 4.56. The quantitative estimate of drug-likeness (QED) is 0.857. The number of nitrogens with one attached hydrogen (secondary N) is 1. The Labute approximate surface area is 115 Å². The molecule has 0 spiro atoms. The summed E-state index contributed by atoms with van der Waals surface area (Å²) in [6.07, 6.45) is 0. The zero-order chi connectivity index (χ0) is 12.4. The molecule has 0 radical (unpaired) electrons. The van der Waals surface area contributed by atoms with Gasteiger partial charge in [-0.15, -0.1) is 11.3 Å². The first kappa shape index (κ1) is 12.5. The minimum atomic E-state index is -0.490. The molecular formula is C11H6BrClFNOS. The number of carbonyl (C=O) groups excluding carboxylic acids is 1. The number of anilines is 1. The summed E-state index contributed by atoms with van der Waals surface area (Å²) in [4.78, 5) is 12.2. The van der Waals surface area contributed by atoms with E-state index in [0.29, 0.717) is 13.7 Å². The molecular weight excluding hydrogens is 329 g/mol. The first-order valence-corrected chi connectivity index (χ1v) is 6.57. The van der Waals surface area contributed by atoms with Gasteiger partial charge < -0.3 is 5.32 Å². The topological polar surface area (TPSA) is 29.1 Å². The van der Waals surface area contributed by atoms with Gasteiger partial charge in [-0.05, 0) is 40.2 Å². The molecule has 0 aliphatic rings. The molecule has 2 aromatic rings. The Kier molecular flexibility index (Phi) is 3.81. The Morgan fingerprint density at radius 2 is 2.12 bits per heavy atom. The number of hydrogen-bond donors (Lipinski definition) is 1. The third-order valence-electron chi connectivity index (χ3n) is 2.00. The average Bonchev–Trinajstić information content (AvgIpc) is 2.70. The largest absolute Gasteiger partial charge is 0.318 e. The first-order chi connectivity index (χ1) is 8.08. The van der Waals surface area contributed by atoms with Gasteiger partial charge in [0.1, 0.15) is 5.82 Å². The highest BCUT2D eigenvalue weighted by molar-refractivity contribution is 9.10. The maximum atomic E-state index is 13.5. The van der Waals surface area contributed by atoms with E-state index in [-0.39, 0.29) is 11.6 Å². The van der Waals surface area contributed by atoms with Gasteiger partial charge in [-0.2, -0.15) is 0 Å². The summed E-state index contributed by atoms with van der Waals surface area (Å²) < 4.78 is 14.5. The molecule has 0 atom stereocenters. The van der Waals surface area contributed by atoms with Crippen molar-refractivity contribution in [2.75, 3.05) is 5.32 Å². The summed E-state index contributed by atoms with van der Waals surface area (Å²) in [5.74, 6) is -0.872. The molecule has 0 fully saturated rings. The zero-order valence-corrected chi connectivity index (χ0v) is 11.5. The van der Waals surface area contributed by atoms with Crippen LogP contribution >= 0.6 is 38.9 Å². The van der Waals surface area contributed by atoms with E-state index in [1.807, 2.05) is 0 Å². The molecule has 0 aliphatic heterocycles. The van der Waals surface area contributed by atoms with Crippen molar-refractivity contribution >= 4 is 50.5 Å². The second-order valence-electron chi connectivity index (χ2n) is 3.15. The second kappa shape index (κ2) is 5.16. The Morgan fingerprint density at radius 1 is 1.35 bits per heavy atom. The van der Waals surface area contributed by atoms with Crippen molar-refractivity contribution in [3.05, 3.63) is 49.8 Å². The van der Waals surface area contributed by atoms with E-state index >= 15 is 0 Å². The Balaban J connectivity index is 2.24. The highest BCUT2D eigenvalue weighted by Crippen LogP contribution is 2.27. The fourth-order valence-electron chi connectivity index (χ4n) is 1.23. The minimum Gasteiger partial charge on any atom is -0.318 e. The summed E-state index contributed by atoms with van der Waals surface area (Å²) >= 11 is 10.0. The maximum absolute atomic E-state index is 13.5. The molecule has 1 N–H and O–H groups in total. The van der Waals surface area contributed by atoms with Gasteiger partial charge in [0.2, 0.25) is 0 Å². The third-order valence-corrected chi connectivity index (χ3v) is 3.89. The van der Waals surface area contributed by atoms with Gasteiger partial charge in [-0.25, -0.2) is 4.39 Å². The van der Waals surface area contributed by atoms with Crippen LogP contribution in [-0.4, -0.2) is 5.91 Å². The van der Waals surface area contributed by atoms with E-state index in [2.05, 4.69) is 21.2 Å². The van der Waals surface area contributed by atoms with Crippen LogP contribution < -0.4 is 5.32 Å². The Hall–Kier alpha value is -0.910. The van der Waals surface area contributed by atoms with Crippen molar-refractivity contribution in [1.82, 2.24) is 0 Å². The van der Waals surface area contributed by atoms with Gasteiger partial charge in [0.25, 0.3) is 5.91 Å². The molecule has 0 saturated carbocycles. The number of halogens is 3. The van der Waals surface area contributed by atoms with E-state index in [1.165, 1.54) is 6.07 Å². The number of thiophene rings is 1. The highest BCUT2D eigenvalue weighted by Gasteiger charge is 2.13. The normalized spacial score (nSPS) is 10.3. The van der Waals surface area contributed by atoms with Crippen molar-refractivity contribution in [2.45, 2.75) is 0 Å². The predicted molar refractivity (Wildman–Crippen MR) is 71.4 cm³/mol. The molecule has 0 saturated heterocycles. The summed E-state index contributed by atoms with van der Waals surface area (Å²) in [6, 6.07) is 7.70. The monoisotopic (exact) mass is 333 g/mol. The van der Waals surface area contributed by atoms with Gasteiger partial charge >= 0.3 is 0 Å². The molecule has 1 aromatic carbocycles. The van der Waals surface area contributed by atoms with Crippen LogP contribution in [0.3, 0.4) is 0 Å². The third kappa shape index (κ3) is 2.86. The maximum Gasteiger partial charge on any atom is 0.265 e. The minimum absolute atomic E-state index is 0.127. The molecule has 1 heterocycles. The fourth-order valence-corrected chi connectivity index (χ4v) is 2.61. The van der Waals surface area contributed by atoms with Gasteiger partial charge in [-0.1, -0.05) is 17.7 Å². The molecule has 6 heteroatoms. The smallest absolute Gasteiger partial charge is 0.265 e. The zero-order valence-electron chi connectivity index (χ0n) is 8.34. The number of rotatable bonds is 2. The lowest BCUT2D eigenvalue weighted by Gasteiger charge is -2.06. The van der Waals surface area contributed by atoms with E-state index < -0.39 is 5.82 Å². The number of carbonyl (C=O) groups is 1. The van der Waals surface area contributed by atoms with Crippen LogP contribution in [0.15, 0.2) is 34.8 Å². The van der Waals surface area contributed by atoms with Crippen LogP contribution in [0.4, 0.5) is 10.1 Å². The number of para-hydroxylation sites is 1. The van der Waals surface area contributed by atoms with Crippen LogP contribution in [0.25, 0.3) is 0 Å². The van der Waals surface area contributed by atoms with Gasteiger partial charge in [-0.3, -0.25) is 4.79 Å². The van der Waals surface area contributed by atoms with Crippen LogP contribution in [0.2, 0.25) is 4.34 Å². The summed E-state index contributed by atoms with van der Waals surface area (Å²) in [5.41, 5.74) is 0.127. The van der Waals surface area contributed by atoms with E-state index in [0.717, 1.165) is 11.3 Å². The van der Waals surface area contributed by atoms with Crippen molar-refractivity contribution in [3.63, 3.8) is 0 Å². The van der Waals surface area contributed by atoms with Gasteiger partial charge in [0.05, 0.1) is 14.9 Å². The van der Waals surface area contributed by atoms with Crippen LogP contribution in [0.1, 0.15) is 9.67 Å². The SMILES string of the molecule is O=C(Nc1c(F)cccc1Br)c1ccc(Cl)s1. The Bertz CT molecular complexity index is 552. The second-order valence-corrected chi connectivity index (χ2v) is 5.72. The summed E-state index contributed by atoms with van der Waals surface area (Å²) in [5, 5.41) is 2.50. The number of benzene rings is 1. The van der Waals surface area contributed by atoms with Gasteiger partial charge in [0, 0.05) is 4.47 Å². The number of hydrogen-bond acceptors (Lipinski definition) is 2. The van der Waals surface area contributed by atoms with Crippen molar-refractivity contribution < 1.29 is 9.18 Å². The highest BCUT2D eigenvalue weighted by atomic mass is 79.9.